The van der Waals surface area contributed by atoms with Crippen molar-refractivity contribution >= 4 is 17.3 Å². The van der Waals surface area contributed by atoms with Gasteiger partial charge in [-0.3, -0.25) is 14.9 Å². The number of esters is 1. The first-order chi connectivity index (χ1) is 10.1. The summed E-state index contributed by atoms with van der Waals surface area (Å²) in [4.78, 5) is 24.0. The summed E-state index contributed by atoms with van der Waals surface area (Å²) in [7, 11) is 0. The monoisotopic (exact) mass is 289 g/mol. The van der Waals surface area contributed by atoms with Crippen molar-refractivity contribution in [1.29, 1.82) is 5.26 Å². The number of nitriles is 1. The Balaban J connectivity index is 2.34. The van der Waals surface area contributed by atoms with Crippen molar-refractivity contribution < 1.29 is 14.5 Å². The minimum Gasteiger partial charge on any atom is -0.465 e. The van der Waals surface area contributed by atoms with Gasteiger partial charge >= 0.3 is 5.97 Å². The Labute approximate surface area is 121 Å². The van der Waals surface area contributed by atoms with Gasteiger partial charge in [-0.25, -0.2) is 0 Å². The first kappa shape index (κ1) is 14.8. The van der Waals surface area contributed by atoms with Crippen LogP contribution in [0.15, 0.2) is 18.2 Å². The van der Waals surface area contributed by atoms with Crippen LogP contribution in [0.3, 0.4) is 0 Å². The fraction of sp³-hybridized carbons (Fsp3) is 0.429. The van der Waals surface area contributed by atoms with Gasteiger partial charge in [-0.2, -0.15) is 5.26 Å². The number of nitrogens with zero attached hydrogens (tertiary/aromatic N) is 3. The van der Waals surface area contributed by atoms with Gasteiger partial charge in [0.25, 0.3) is 5.69 Å². The molecule has 1 aliphatic rings. The van der Waals surface area contributed by atoms with Crippen molar-refractivity contribution in [2.24, 2.45) is 0 Å². The van der Waals surface area contributed by atoms with E-state index in [1.807, 2.05) is 6.07 Å². The molecule has 0 N–H and O–H groups in total. The third-order valence-corrected chi connectivity index (χ3v) is 3.20. The SMILES string of the molecule is CCOC(=O)CN(c1ccc(C#N)cc1[N+](=O)[O-])C1CC1. The highest BCUT2D eigenvalue weighted by atomic mass is 16.6. The highest BCUT2D eigenvalue weighted by Gasteiger charge is 2.34. The number of hydrogen-bond donors (Lipinski definition) is 0. The van der Waals surface area contributed by atoms with Gasteiger partial charge in [0.05, 0.1) is 23.2 Å². The van der Waals surface area contributed by atoms with Crippen molar-refractivity contribution in [2.75, 3.05) is 18.1 Å². The Morgan fingerprint density at radius 3 is 2.81 bits per heavy atom. The van der Waals surface area contributed by atoms with Crippen molar-refractivity contribution in [3.63, 3.8) is 0 Å². The molecule has 1 aromatic carbocycles. The number of ether oxygens (including phenoxy) is 1. The average molecular weight is 289 g/mol. The lowest BCUT2D eigenvalue weighted by Gasteiger charge is -2.23. The average Bonchev–Trinajstić information content (AvgIpc) is 3.29. The molecular formula is C14H15N3O4. The quantitative estimate of drug-likeness (QED) is 0.451. The van der Waals surface area contributed by atoms with Gasteiger partial charge in [0.15, 0.2) is 0 Å². The molecule has 0 radical (unpaired) electrons. The number of nitro benzene ring substituents is 1. The second kappa shape index (κ2) is 6.22. The van der Waals surface area contributed by atoms with Gasteiger partial charge in [-0.15, -0.1) is 0 Å². The van der Waals surface area contributed by atoms with E-state index in [1.54, 1.807) is 11.8 Å². The molecule has 0 spiro atoms. The lowest BCUT2D eigenvalue weighted by molar-refractivity contribution is -0.384. The summed E-state index contributed by atoms with van der Waals surface area (Å²) in [5.41, 5.74) is 0.414. The van der Waals surface area contributed by atoms with E-state index < -0.39 is 10.9 Å². The van der Waals surface area contributed by atoms with E-state index in [9.17, 15) is 14.9 Å². The summed E-state index contributed by atoms with van der Waals surface area (Å²) in [5.74, 6) is -0.414. The van der Waals surface area contributed by atoms with Gasteiger partial charge in [-0.1, -0.05) is 0 Å². The summed E-state index contributed by atoms with van der Waals surface area (Å²) < 4.78 is 4.91. The van der Waals surface area contributed by atoms with Gasteiger partial charge < -0.3 is 9.64 Å². The molecule has 1 aromatic rings. The van der Waals surface area contributed by atoms with E-state index in [1.165, 1.54) is 18.2 Å². The molecule has 0 aromatic heterocycles. The second-order valence-electron chi connectivity index (χ2n) is 4.74. The molecule has 0 unspecified atom stereocenters. The Bertz CT molecular complexity index is 605. The summed E-state index contributed by atoms with van der Waals surface area (Å²) in [6.45, 7) is 1.96. The molecule has 1 fully saturated rings. The first-order valence-corrected chi connectivity index (χ1v) is 6.67. The fourth-order valence-corrected chi connectivity index (χ4v) is 2.12. The highest BCUT2D eigenvalue weighted by molar-refractivity contribution is 5.78. The maximum Gasteiger partial charge on any atom is 0.325 e. The standard InChI is InChI=1S/C14H15N3O4/c1-2-21-14(18)9-16(11-4-5-11)12-6-3-10(8-15)7-13(12)17(19)20/h3,6-7,11H,2,4-5,9H2,1H3. The Kier molecular flexibility index (Phi) is 4.38. The van der Waals surface area contributed by atoms with Crippen LogP contribution in [0, 0.1) is 21.4 Å². The topological polar surface area (TPSA) is 96.5 Å². The van der Waals surface area contributed by atoms with E-state index in [0.29, 0.717) is 5.69 Å². The van der Waals surface area contributed by atoms with Crippen molar-refractivity contribution in [3.8, 4) is 6.07 Å². The van der Waals surface area contributed by atoms with Crippen LogP contribution in [0.25, 0.3) is 0 Å². The molecule has 2 rings (SSSR count). The zero-order chi connectivity index (χ0) is 15.4. The minimum absolute atomic E-state index is 0.0226. The normalized spacial score (nSPS) is 13.3. The van der Waals surface area contributed by atoms with Crippen molar-refractivity contribution in [1.82, 2.24) is 0 Å². The third-order valence-electron chi connectivity index (χ3n) is 3.20. The number of carbonyl (C=O) groups excluding carboxylic acids is 1. The highest BCUT2D eigenvalue weighted by Crippen LogP contribution is 2.37. The number of rotatable bonds is 6. The zero-order valence-electron chi connectivity index (χ0n) is 11.6. The van der Waals surface area contributed by atoms with Gasteiger partial charge in [0, 0.05) is 12.1 Å². The number of hydrogen-bond acceptors (Lipinski definition) is 6. The number of carbonyl (C=O) groups is 1. The summed E-state index contributed by atoms with van der Waals surface area (Å²) in [5, 5.41) is 20.1. The van der Waals surface area contributed by atoms with Crippen LogP contribution < -0.4 is 4.90 Å². The number of benzene rings is 1. The van der Waals surface area contributed by atoms with E-state index in [0.717, 1.165) is 12.8 Å². The molecule has 0 amide bonds. The Hall–Kier alpha value is -2.62. The van der Waals surface area contributed by atoms with Crippen LogP contribution in [-0.2, 0) is 9.53 Å². The van der Waals surface area contributed by atoms with Crippen LogP contribution in [-0.4, -0.2) is 30.1 Å². The van der Waals surface area contributed by atoms with E-state index in [-0.39, 0.29) is 30.4 Å². The van der Waals surface area contributed by atoms with Crippen LogP contribution in [0.1, 0.15) is 25.3 Å². The van der Waals surface area contributed by atoms with Crippen molar-refractivity contribution in [2.45, 2.75) is 25.8 Å². The lowest BCUT2D eigenvalue weighted by atomic mass is 10.1. The van der Waals surface area contributed by atoms with E-state index in [4.69, 9.17) is 10.00 Å². The molecule has 110 valence electrons. The number of nitro groups is 1. The van der Waals surface area contributed by atoms with E-state index in [2.05, 4.69) is 0 Å². The van der Waals surface area contributed by atoms with Gasteiger partial charge in [0.1, 0.15) is 12.2 Å². The molecule has 0 bridgehead atoms. The van der Waals surface area contributed by atoms with E-state index >= 15 is 0 Å². The number of anilines is 1. The smallest absolute Gasteiger partial charge is 0.325 e. The maximum absolute atomic E-state index is 11.7. The Morgan fingerprint density at radius 2 is 2.29 bits per heavy atom. The van der Waals surface area contributed by atoms with Crippen LogP contribution in [0.2, 0.25) is 0 Å². The predicted molar refractivity (Wildman–Crippen MR) is 74.8 cm³/mol. The molecule has 0 saturated heterocycles. The largest absolute Gasteiger partial charge is 0.465 e. The molecule has 7 heteroatoms. The fourth-order valence-electron chi connectivity index (χ4n) is 2.12. The van der Waals surface area contributed by atoms with Gasteiger partial charge in [0.2, 0.25) is 0 Å². The predicted octanol–water partition coefficient (Wildman–Crippen LogP) is 2.00. The molecule has 7 nitrogen and oxygen atoms in total. The Morgan fingerprint density at radius 1 is 1.57 bits per heavy atom. The molecule has 1 saturated carbocycles. The maximum atomic E-state index is 11.7. The summed E-state index contributed by atoms with van der Waals surface area (Å²) in [6, 6.07) is 6.26. The van der Waals surface area contributed by atoms with Crippen molar-refractivity contribution in [3.05, 3.63) is 33.9 Å². The van der Waals surface area contributed by atoms with Crippen LogP contribution in [0.5, 0.6) is 0 Å². The lowest BCUT2D eigenvalue weighted by Crippen LogP contribution is -2.33. The van der Waals surface area contributed by atoms with Crippen LogP contribution in [0.4, 0.5) is 11.4 Å². The third kappa shape index (κ3) is 3.48. The minimum atomic E-state index is -0.531. The first-order valence-electron chi connectivity index (χ1n) is 6.67. The molecule has 0 atom stereocenters. The van der Waals surface area contributed by atoms with Gasteiger partial charge in [-0.05, 0) is 31.9 Å². The molecule has 21 heavy (non-hydrogen) atoms. The molecule has 1 aliphatic carbocycles. The zero-order valence-corrected chi connectivity index (χ0v) is 11.6. The summed E-state index contributed by atoms with van der Waals surface area (Å²) >= 11 is 0. The molecule has 0 aliphatic heterocycles. The molecule has 0 heterocycles. The second-order valence-corrected chi connectivity index (χ2v) is 4.74. The molecular weight excluding hydrogens is 274 g/mol. The van der Waals surface area contributed by atoms with Crippen LogP contribution >= 0.6 is 0 Å². The summed E-state index contributed by atoms with van der Waals surface area (Å²) in [6.07, 6.45) is 1.77.